The van der Waals surface area contributed by atoms with E-state index in [4.69, 9.17) is 16.3 Å². The van der Waals surface area contributed by atoms with Crippen LogP contribution in [0.4, 0.5) is 0 Å². The summed E-state index contributed by atoms with van der Waals surface area (Å²) in [5.41, 5.74) is 4.60. The van der Waals surface area contributed by atoms with Gasteiger partial charge in [0.2, 0.25) is 0 Å². The Bertz CT molecular complexity index is 566. The van der Waals surface area contributed by atoms with Crippen molar-refractivity contribution in [3.05, 3.63) is 57.9 Å². The monoisotopic (exact) mass is 261 g/mol. The summed E-state index contributed by atoms with van der Waals surface area (Å²) in [4.78, 5) is 3.95. The maximum Gasteiger partial charge on any atom is 0.129 e. The number of aromatic nitrogens is 1. The molecule has 0 spiro atoms. The summed E-state index contributed by atoms with van der Waals surface area (Å²) >= 11 is 5.85. The van der Waals surface area contributed by atoms with Gasteiger partial charge in [0.15, 0.2) is 0 Å². The molecule has 94 valence electrons. The van der Waals surface area contributed by atoms with Crippen LogP contribution in [0.1, 0.15) is 22.3 Å². The van der Waals surface area contributed by atoms with E-state index in [0.717, 1.165) is 16.9 Å². The average molecular weight is 262 g/mol. The lowest BCUT2D eigenvalue weighted by Gasteiger charge is -2.14. The zero-order chi connectivity index (χ0) is 13.1. The molecule has 0 fully saturated rings. The smallest absolute Gasteiger partial charge is 0.129 e. The van der Waals surface area contributed by atoms with Crippen LogP contribution in [0.25, 0.3) is 0 Å². The topological polar surface area (TPSA) is 22.1 Å². The van der Waals surface area contributed by atoms with Crippen LogP contribution < -0.4 is 4.74 Å². The van der Waals surface area contributed by atoms with Gasteiger partial charge in [-0.15, -0.1) is 0 Å². The van der Waals surface area contributed by atoms with Gasteiger partial charge in [0.05, 0.1) is 0 Å². The first-order valence-corrected chi connectivity index (χ1v) is 6.26. The van der Waals surface area contributed by atoms with E-state index >= 15 is 0 Å². The van der Waals surface area contributed by atoms with Gasteiger partial charge in [0, 0.05) is 6.20 Å². The highest BCUT2D eigenvalue weighted by Gasteiger charge is 2.06. The molecule has 0 saturated heterocycles. The maximum absolute atomic E-state index is 5.90. The minimum Gasteiger partial charge on any atom is -0.488 e. The molecular weight excluding hydrogens is 246 g/mol. The fourth-order valence-corrected chi connectivity index (χ4v) is 2.03. The third kappa shape index (κ3) is 2.82. The van der Waals surface area contributed by atoms with Crippen LogP contribution in [-0.4, -0.2) is 4.98 Å². The number of rotatable bonds is 3. The normalized spacial score (nSPS) is 10.4. The quantitative estimate of drug-likeness (QED) is 0.771. The van der Waals surface area contributed by atoms with Crippen molar-refractivity contribution in [2.45, 2.75) is 27.4 Å². The van der Waals surface area contributed by atoms with Gasteiger partial charge in [-0.2, -0.15) is 0 Å². The van der Waals surface area contributed by atoms with Crippen molar-refractivity contribution in [2.24, 2.45) is 0 Å². The van der Waals surface area contributed by atoms with Crippen LogP contribution in [-0.2, 0) is 6.61 Å². The summed E-state index contributed by atoms with van der Waals surface area (Å²) in [6.45, 7) is 6.73. The number of hydrogen-bond acceptors (Lipinski definition) is 2. The van der Waals surface area contributed by atoms with Crippen LogP contribution in [0.5, 0.6) is 5.75 Å². The van der Waals surface area contributed by atoms with Gasteiger partial charge >= 0.3 is 0 Å². The Morgan fingerprint density at radius 3 is 2.56 bits per heavy atom. The van der Waals surface area contributed by atoms with Crippen LogP contribution in [0.15, 0.2) is 30.5 Å². The van der Waals surface area contributed by atoms with Gasteiger partial charge < -0.3 is 4.74 Å². The van der Waals surface area contributed by atoms with Gasteiger partial charge in [-0.3, -0.25) is 0 Å². The van der Waals surface area contributed by atoms with E-state index < -0.39 is 0 Å². The number of nitrogens with zero attached hydrogens (tertiary/aromatic N) is 1. The Hall–Kier alpha value is -1.54. The molecule has 0 radical (unpaired) electrons. The molecular formula is C15H16ClNO. The van der Waals surface area contributed by atoms with Crippen LogP contribution >= 0.6 is 11.6 Å². The molecule has 0 aliphatic rings. The molecule has 1 aromatic carbocycles. The number of aryl methyl sites for hydroxylation is 2. The second-order valence-electron chi connectivity index (χ2n) is 4.43. The molecule has 0 aliphatic carbocycles. The molecule has 18 heavy (non-hydrogen) atoms. The summed E-state index contributed by atoms with van der Waals surface area (Å²) in [5, 5.41) is 0.494. The lowest BCUT2D eigenvalue weighted by Crippen LogP contribution is -2.00. The summed E-state index contributed by atoms with van der Waals surface area (Å²) in [6, 6.07) is 7.92. The van der Waals surface area contributed by atoms with Gasteiger partial charge in [0.25, 0.3) is 0 Å². The van der Waals surface area contributed by atoms with Gasteiger partial charge in [-0.1, -0.05) is 23.7 Å². The van der Waals surface area contributed by atoms with Crippen LogP contribution in [0.3, 0.4) is 0 Å². The van der Waals surface area contributed by atoms with Gasteiger partial charge in [0.1, 0.15) is 17.5 Å². The highest BCUT2D eigenvalue weighted by atomic mass is 35.5. The van der Waals surface area contributed by atoms with Crippen molar-refractivity contribution in [1.29, 1.82) is 0 Å². The highest BCUT2D eigenvalue weighted by Crippen LogP contribution is 2.26. The Labute approximate surface area is 113 Å². The zero-order valence-corrected chi connectivity index (χ0v) is 11.6. The van der Waals surface area contributed by atoms with E-state index in [-0.39, 0.29) is 0 Å². The molecule has 0 amide bonds. The standard InChI is InChI=1S/C15H16ClNO/c1-10-4-5-11(2)15(12(10)3)18-9-13-6-7-17-14(16)8-13/h4-8H,9H2,1-3H3. The number of halogens is 1. The van der Waals surface area contributed by atoms with E-state index in [9.17, 15) is 0 Å². The van der Waals surface area contributed by atoms with Crippen molar-refractivity contribution in [3.8, 4) is 5.75 Å². The number of pyridine rings is 1. The number of hydrogen-bond donors (Lipinski definition) is 0. The lowest BCUT2D eigenvalue weighted by molar-refractivity contribution is 0.301. The Balaban J connectivity index is 2.18. The maximum atomic E-state index is 5.90. The van der Waals surface area contributed by atoms with Crippen molar-refractivity contribution < 1.29 is 4.74 Å². The second-order valence-corrected chi connectivity index (χ2v) is 4.82. The van der Waals surface area contributed by atoms with E-state index in [1.807, 2.05) is 12.1 Å². The highest BCUT2D eigenvalue weighted by molar-refractivity contribution is 6.29. The SMILES string of the molecule is Cc1ccc(C)c(OCc2ccnc(Cl)c2)c1C. The molecule has 1 heterocycles. The van der Waals surface area contributed by atoms with Gasteiger partial charge in [-0.25, -0.2) is 4.98 Å². The molecule has 0 atom stereocenters. The van der Waals surface area contributed by atoms with Crippen LogP contribution in [0, 0.1) is 20.8 Å². The largest absolute Gasteiger partial charge is 0.488 e. The van der Waals surface area contributed by atoms with Crippen molar-refractivity contribution in [3.63, 3.8) is 0 Å². The van der Waals surface area contributed by atoms with E-state index in [2.05, 4.69) is 37.9 Å². The fourth-order valence-electron chi connectivity index (χ4n) is 1.84. The molecule has 1 aromatic heterocycles. The molecule has 0 bridgehead atoms. The molecule has 3 heteroatoms. The zero-order valence-electron chi connectivity index (χ0n) is 10.8. The fraction of sp³-hybridized carbons (Fsp3) is 0.267. The molecule has 2 nitrogen and oxygen atoms in total. The molecule has 0 saturated carbocycles. The lowest BCUT2D eigenvalue weighted by atomic mass is 10.1. The van der Waals surface area contributed by atoms with Crippen molar-refractivity contribution >= 4 is 11.6 Å². The third-order valence-electron chi connectivity index (χ3n) is 3.05. The molecule has 0 unspecified atom stereocenters. The first kappa shape index (κ1) is 12.9. The minimum atomic E-state index is 0.494. The average Bonchev–Trinajstić information content (AvgIpc) is 2.34. The minimum absolute atomic E-state index is 0.494. The summed E-state index contributed by atoms with van der Waals surface area (Å²) in [6.07, 6.45) is 1.69. The first-order chi connectivity index (χ1) is 8.58. The summed E-state index contributed by atoms with van der Waals surface area (Å²) in [7, 11) is 0. The number of ether oxygens (including phenoxy) is 1. The van der Waals surface area contributed by atoms with E-state index in [0.29, 0.717) is 11.8 Å². The molecule has 0 aliphatic heterocycles. The summed E-state index contributed by atoms with van der Waals surface area (Å²) < 4.78 is 5.90. The summed E-state index contributed by atoms with van der Waals surface area (Å²) in [5.74, 6) is 0.961. The Morgan fingerprint density at radius 2 is 1.83 bits per heavy atom. The third-order valence-corrected chi connectivity index (χ3v) is 3.25. The van der Waals surface area contributed by atoms with Crippen molar-refractivity contribution in [2.75, 3.05) is 0 Å². The molecule has 2 rings (SSSR count). The van der Waals surface area contributed by atoms with Gasteiger partial charge in [-0.05, 0) is 55.2 Å². The van der Waals surface area contributed by atoms with Crippen molar-refractivity contribution in [1.82, 2.24) is 4.98 Å². The Morgan fingerprint density at radius 1 is 1.11 bits per heavy atom. The van der Waals surface area contributed by atoms with E-state index in [1.165, 1.54) is 11.1 Å². The molecule has 0 N–H and O–H groups in total. The predicted octanol–water partition coefficient (Wildman–Crippen LogP) is 4.24. The predicted molar refractivity (Wildman–Crippen MR) is 74.2 cm³/mol. The van der Waals surface area contributed by atoms with E-state index in [1.54, 1.807) is 6.20 Å². The number of benzene rings is 1. The molecule has 2 aromatic rings. The Kier molecular flexibility index (Phi) is 3.87. The first-order valence-electron chi connectivity index (χ1n) is 5.88. The second kappa shape index (κ2) is 5.40. The van der Waals surface area contributed by atoms with Crippen LogP contribution in [0.2, 0.25) is 5.15 Å².